The van der Waals surface area contributed by atoms with Gasteiger partial charge in [0.1, 0.15) is 0 Å². The summed E-state index contributed by atoms with van der Waals surface area (Å²) in [5, 5.41) is 13.7. The number of benzene rings is 2. The maximum absolute atomic E-state index is 12.6. The molecule has 0 bridgehead atoms. The van der Waals surface area contributed by atoms with Gasteiger partial charge in [-0.1, -0.05) is 54.6 Å². The van der Waals surface area contributed by atoms with E-state index in [4.69, 9.17) is 0 Å². The van der Waals surface area contributed by atoms with Crippen LogP contribution in [0.1, 0.15) is 40.9 Å². The monoisotopic (exact) mass is 309 g/mol. The highest BCUT2D eigenvalue weighted by molar-refractivity contribution is 6.00. The van der Waals surface area contributed by atoms with Crippen LogP contribution in [-0.4, -0.2) is 23.5 Å². The molecule has 3 rings (SSSR count). The Labute approximate surface area is 137 Å². The summed E-state index contributed by atoms with van der Waals surface area (Å²) in [5.74, 6) is 0.219. The third kappa shape index (κ3) is 3.52. The fraction of sp³-hybridized carbons (Fsp3) is 0.350. The molecule has 0 radical (unpaired) electrons. The molecule has 3 heteroatoms. The first-order valence-corrected chi connectivity index (χ1v) is 8.25. The number of fused-ring (bicyclic) bond motifs is 1. The fourth-order valence-corrected chi connectivity index (χ4v) is 3.23. The van der Waals surface area contributed by atoms with Crippen molar-refractivity contribution in [3.63, 3.8) is 0 Å². The van der Waals surface area contributed by atoms with Crippen LogP contribution in [0.4, 0.5) is 0 Å². The molecular weight excluding hydrogens is 286 g/mol. The van der Waals surface area contributed by atoms with Gasteiger partial charge < -0.3 is 10.4 Å². The number of ketones is 1. The number of nitrogens with one attached hydrogen (secondary N) is 1. The van der Waals surface area contributed by atoms with Crippen LogP contribution in [-0.2, 0) is 6.42 Å². The minimum absolute atomic E-state index is 0.00433. The molecular formula is C20H23NO2. The summed E-state index contributed by atoms with van der Waals surface area (Å²) in [7, 11) is 0. The molecule has 0 aliphatic heterocycles. The first-order chi connectivity index (χ1) is 11.2. The van der Waals surface area contributed by atoms with Crippen molar-refractivity contribution < 1.29 is 9.90 Å². The van der Waals surface area contributed by atoms with Crippen LogP contribution in [0.5, 0.6) is 0 Å². The molecule has 120 valence electrons. The van der Waals surface area contributed by atoms with Gasteiger partial charge in [0, 0.05) is 24.1 Å². The third-order valence-corrected chi connectivity index (χ3v) is 4.72. The summed E-state index contributed by atoms with van der Waals surface area (Å²) in [6.45, 7) is 2.57. The molecule has 2 aromatic carbocycles. The lowest BCUT2D eigenvalue weighted by atomic mass is 9.82. The van der Waals surface area contributed by atoms with Crippen molar-refractivity contribution in [2.24, 2.45) is 5.92 Å². The molecule has 0 spiro atoms. The normalized spacial score (nSPS) is 19.9. The standard InChI is InChI=1S/C20H23NO2/c1-14(19(22)16-8-3-2-4-9-16)21-13-17-12-11-15-7-5-6-10-18(15)20(17)23/h2-10,14,17,19,21-22H,11-13H2,1H3. The second-order valence-electron chi connectivity index (χ2n) is 6.31. The second-order valence-corrected chi connectivity index (χ2v) is 6.31. The zero-order chi connectivity index (χ0) is 16.2. The molecule has 2 N–H and O–H groups in total. The number of hydrogen-bond acceptors (Lipinski definition) is 3. The summed E-state index contributed by atoms with van der Waals surface area (Å²) < 4.78 is 0. The Morgan fingerprint density at radius 2 is 1.83 bits per heavy atom. The number of aliphatic hydroxyl groups is 1. The number of carbonyl (C=O) groups is 1. The Morgan fingerprint density at radius 1 is 1.13 bits per heavy atom. The molecule has 0 fully saturated rings. The summed E-state index contributed by atoms with van der Waals surface area (Å²) in [6.07, 6.45) is 1.25. The van der Waals surface area contributed by atoms with Crippen LogP contribution < -0.4 is 5.32 Å². The largest absolute Gasteiger partial charge is 0.387 e. The summed E-state index contributed by atoms with van der Waals surface area (Å²) in [6, 6.07) is 17.4. The highest BCUT2D eigenvalue weighted by atomic mass is 16.3. The molecule has 3 atom stereocenters. The van der Waals surface area contributed by atoms with Gasteiger partial charge in [-0.2, -0.15) is 0 Å². The smallest absolute Gasteiger partial charge is 0.167 e. The van der Waals surface area contributed by atoms with E-state index in [1.807, 2.05) is 61.5 Å². The van der Waals surface area contributed by atoms with E-state index in [0.29, 0.717) is 6.54 Å². The van der Waals surface area contributed by atoms with E-state index in [1.165, 1.54) is 0 Å². The third-order valence-electron chi connectivity index (χ3n) is 4.72. The number of carbonyl (C=O) groups excluding carboxylic acids is 1. The van der Waals surface area contributed by atoms with E-state index in [0.717, 1.165) is 29.5 Å². The quantitative estimate of drug-likeness (QED) is 0.892. The molecule has 3 nitrogen and oxygen atoms in total. The lowest BCUT2D eigenvalue weighted by molar-refractivity contribution is 0.0881. The fourth-order valence-electron chi connectivity index (χ4n) is 3.23. The van der Waals surface area contributed by atoms with Crippen molar-refractivity contribution in [2.75, 3.05) is 6.54 Å². The summed E-state index contributed by atoms with van der Waals surface area (Å²) in [4.78, 5) is 12.6. The van der Waals surface area contributed by atoms with Crippen molar-refractivity contribution in [2.45, 2.75) is 31.9 Å². The van der Waals surface area contributed by atoms with Crippen molar-refractivity contribution in [3.8, 4) is 0 Å². The van der Waals surface area contributed by atoms with E-state index in [2.05, 4.69) is 5.32 Å². The first kappa shape index (κ1) is 15.9. The molecule has 2 aromatic rings. The highest BCUT2D eigenvalue weighted by Gasteiger charge is 2.27. The number of hydrogen-bond donors (Lipinski definition) is 2. The topological polar surface area (TPSA) is 49.3 Å². The number of aryl methyl sites for hydroxylation is 1. The predicted molar refractivity (Wildman–Crippen MR) is 91.5 cm³/mol. The van der Waals surface area contributed by atoms with E-state index in [9.17, 15) is 9.90 Å². The number of rotatable bonds is 5. The van der Waals surface area contributed by atoms with Gasteiger partial charge >= 0.3 is 0 Å². The Kier molecular flexibility index (Phi) is 4.89. The maximum atomic E-state index is 12.6. The van der Waals surface area contributed by atoms with E-state index < -0.39 is 6.10 Å². The van der Waals surface area contributed by atoms with E-state index in [-0.39, 0.29) is 17.7 Å². The molecule has 3 unspecified atom stereocenters. The van der Waals surface area contributed by atoms with Gasteiger partial charge in [0.05, 0.1) is 6.10 Å². The zero-order valence-electron chi connectivity index (χ0n) is 13.4. The second kappa shape index (κ2) is 7.07. The maximum Gasteiger partial charge on any atom is 0.167 e. The minimum Gasteiger partial charge on any atom is -0.387 e. The van der Waals surface area contributed by atoms with Crippen molar-refractivity contribution in [1.29, 1.82) is 0 Å². The van der Waals surface area contributed by atoms with Crippen molar-refractivity contribution in [1.82, 2.24) is 5.32 Å². The van der Waals surface area contributed by atoms with Gasteiger partial charge in [0.15, 0.2) is 5.78 Å². The van der Waals surface area contributed by atoms with Crippen LogP contribution in [0.15, 0.2) is 54.6 Å². The number of Topliss-reactive ketones (excluding diaryl/α,β-unsaturated/α-hetero) is 1. The van der Waals surface area contributed by atoms with Gasteiger partial charge in [0.2, 0.25) is 0 Å². The first-order valence-electron chi connectivity index (χ1n) is 8.25. The van der Waals surface area contributed by atoms with Crippen LogP contribution >= 0.6 is 0 Å². The molecule has 0 saturated carbocycles. The lowest BCUT2D eigenvalue weighted by Gasteiger charge is -2.27. The van der Waals surface area contributed by atoms with Crippen molar-refractivity contribution >= 4 is 5.78 Å². The van der Waals surface area contributed by atoms with Crippen LogP contribution in [0.3, 0.4) is 0 Å². The lowest BCUT2D eigenvalue weighted by Crippen LogP contribution is -2.39. The van der Waals surface area contributed by atoms with E-state index >= 15 is 0 Å². The molecule has 0 amide bonds. The average Bonchev–Trinajstić information content (AvgIpc) is 2.61. The van der Waals surface area contributed by atoms with Gasteiger partial charge in [-0.3, -0.25) is 4.79 Å². The van der Waals surface area contributed by atoms with Crippen LogP contribution in [0.2, 0.25) is 0 Å². The molecule has 0 aromatic heterocycles. The Morgan fingerprint density at radius 3 is 2.61 bits per heavy atom. The Bertz CT molecular complexity index is 668. The van der Waals surface area contributed by atoms with Crippen LogP contribution in [0.25, 0.3) is 0 Å². The van der Waals surface area contributed by atoms with Gasteiger partial charge in [-0.05, 0) is 30.9 Å². The predicted octanol–water partition coefficient (Wildman–Crippen LogP) is 3.14. The van der Waals surface area contributed by atoms with Gasteiger partial charge in [-0.25, -0.2) is 0 Å². The average molecular weight is 309 g/mol. The molecule has 0 saturated heterocycles. The van der Waals surface area contributed by atoms with Crippen LogP contribution in [0, 0.1) is 5.92 Å². The van der Waals surface area contributed by atoms with Gasteiger partial charge in [-0.15, -0.1) is 0 Å². The Hall–Kier alpha value is -1.97. The highest BCUT2D eigenvalue weighted by Crippen LogP contribution is 2.25. The summed E-state index contributed by atoms with van der Waals surface area (Å²) in [5.41, 5.74) is 2.92. The summed E-state index contributed by atoms with van der Waals surface area (Å²) >= 11 is 0. The SMILES string of the molecule is CC(NCC1CCc2ccccc2C1=O)C(O)c1ccccc1. The van der Waals surface area contributed by atoms with E-state index in [1.54, 1.807) is 0 Å². The molecule has 1 aliphatic carbocycles. The van der Waals surface area contributed by atoms with Gasteiger partial charge in [0.25, 0.3) is 0 Å². The molecule has 1 aliphatic rings. The number of aliphatic hydroxyl groups excluding tert-OH is 1. The Balaban J connectivity index is 1.60. The molecule has 0 heterocycles. The van der Waals surface area contributed by atoms with Crippen molar-refractivity contribution in [3.05, 3.63) is 71.3 Å². The minimum atomic E-state index is -0.567. The molecule has 23 heavy (non-hydrogen) atoms. The zero-order valence-corrected chi connectivity index (χ0v) is 13.4.